The van der Waals surface area contributed by atoms with E-state index in [1.165, 1.54) is 0 Å². The Morgan fingerprint density at radius 1 is 1.32 bits per heavy atom. The van der Waals surface area contributed by atoms with Gasteiger partial charge in [0.25, 0.3) is 0 Å². The number of rotatable bonds is 2. The van der Waals surface area contributed by atoms with E-state index in [1.807, 2.05) is 31.3 Å². The van der Waals surface area contributed by atoms with Gasteiger partial charge in [0.2, 0.25) is 0 Å². The highest BCUT2D eigenvalue weighted by Gasteiger charge is 2.30. The number of halogens is 1. The van der Waals surface area contributed by atoms with Gasteiger partial charge in [-0.05, 0) is 42.0 Å². The van der Waals surface area contributed by atoms with Crippen LogP contribution in [0.5, 0.6) is 0 Å². The van der Waals surface area contributed by atoms with Crippen molar-refractivity contribution in [2.75, 3.05) is 31.6 Å². The lowest BCUT2D eigenvalue weighted by molar-refractivity contribution is -0.141. The van der Waals surface area contributed by atoms with E-state index in [2.05, 4.69) is 32.7 Å². The molecule has 0 amide bonds. The van der Waals surface area contributed by atoms with Crippen molar-refractivity contribution in [2.24, 2.45) is 5.92 Å². The van der Waals surface area contributed by atoms with Gasteiger partial charge in [-0.2, -0.15) is 0 Å². The van der Waals surface area contributed by atoms with E-state index in [0.29, 0.717) is 19.1 Å². The Balaban J connectivity index is 2.28. The van der Waals surface area contributed by atoms with Crippen molar-refractivity contribution in [1.82, 2.24) is 4.90 Å². The Kier molecular flexibility index (Phi) is 4.47. The zero-order valence-corrected chi connectivity index (χ0v) is 12.8. The molecule has 0 spiro atoms. The first-order chi connectivity index (χ1) is 8.99. The maximum atomic E-state index is 11.4. The Morgan fingerprint density at radius 2 is 2.00 bits per heavy atom. The smallest absolute Gasteiger partial charge is 0.309 e. The van der Waals surface area contributed by atoms with Crippen LogP contribution in [0.3, 0.4) is 0 Å². The number of carboxylic acid groups (broad SMARTS) is 1. The number of hydrogen-bond acceptors (Lipinski definition) is 3. The van der Waals surface area contributed by atoms with Crippen LogP contribution in [0.2, 0.25) is 0 Å². The van der Waals surface area contributed by atoms with Crippen molar-refractivity contribution in [3.63, 3.8) is 0 Å². The zero-order valence-electron chi connectivity index (χ0n) is 11.2. The molecular formula is C14H19BrN2O2. The highest BCUT2D eigenvalue weighted by molar-refractivity contribution is 9.10. The van der Waals surface area contributed by atoms with Crippen LogP contribution in [0.15, 0.2) is 28.7 Å². The largest absolute Gasteiger partial charge is 0.481 e. The standard InChI is InChI=1S/C14H19BrN2O2/c1-10-7-17(13-6-4-3-5-12(13)15)9-11(14(18)19)8-16(10)2/h3-6,10-11H,7-9H2,1-2H3,(H,18,19). The van der Waals surface area contributed by atoms with Gasteiger partial charge < -0.3 is 14.9 Å². The summed E-state index contributed by atoms with van der Waals surface area (Å²) in [4.78, 5) is 15.6. The average molecular weight is 327 g/mol. The number of anilines is 1. The fourth-order valence-electron chi connectivity index (χ4n) is 2.45. The number of aliphatic carboxylic acids is 1. The van der Waals surface area contributed by atoms with Crippen molar-refractivity contribution < 1.29 is 9.90 Å². The number of hydrogen-bond donors (Lipinski definition) is 1. The molecule has 1 aromatic rings. The van der Waals surface area contributed by atoms with Crippen LogP contribution in [0, 0.1) is 5.92 Å². The number of carboxylic acids is 1. The van der Waals surface area contributed by atoms with E-state index in [9.17, 15) is 9.90 Å². The minimum atomic E-state index is -0.724. The third kappa shape index (κ3) is 3.28. The summed E-state index contributed by atoms with van der Waals surface area (Å²) in [7, 11) is 1.99. The third-order valence-electron chi connectivity index (χ3n) is 3.73. The highest BCUT2D eigenvalue weighted by atomic mass is 79.9. The van der Waals surface area contributed by atoms with Crippen molar-refractivity contribution in [1.29, 1.82) is 0 Å². The Labute approximate surface area is 122 Å². The summed E-state index contributed by atoms with van der Waals surface area (Å²) >= 11 is 3.55. The second-order valence-electron chi connectivity index (χ2n) is 5.18. The molecule has 1 saturated heterocycles. The molecule has 0 aromatic heterocycles. The summed E-state index contributed by atoms with van der Waals surface area (Å²) in [5, 5.41) is 9.34. The number of para-hydroxylation sites is 1. The maximum Gasteiger partial charge on any atom is 0.309 e. The van der Waals surface area contributed by atoms with E-state index < -0.39 is 5.97 Å². The SMILES string of the molecule is CC1CN(c2ccccc2Br)CC(C(=O)O)CN1C. The summed E-state index contributed by atoms with van der Waals surface area (Å²) in [5.74, 6) is -1.08. The summed E-state index contributed by atoms with van der Waals surface area (Å²) in [6.07, 6.45) is 0. The van der Waals surface area contributed by atoms with Gasteiger partial charge in [0.05, 0.1) is 11.6 Å². The summed E-state index contributed by atoms with van der Waals surface area (Å²) < 4.78 is 1.01. The van der Waals surface area contributed by atoms with Crippen molar-refractivity contribution in [3.8, 4) is 0 Å². The van der Waals surface area contributed by atoms with Gasteiger partial charge in [-0.15, -0.1) is 0 Å². The van der Waals surface area contributed by atoms with Crippen LogP contribution in [0.4, 0.5) is 5.69 Å². The number of carbonyl (C=O) groups is 1. The fraction of sp³-hybridized carbons (Fsp3) is 0.500. The molecule has 1 fully saturated rings. The normalized spacial score (nSPS) is 25.1. The minimum Gasteiger partial charge on any atom is -0.481 e. The van der Waals surface area contributed by atoms with E-state index in [4.69, 9.17) is 0 Å². The third-order valence-corrected chi connectivity index (χ3v) is 4.40. The molecule has 2 rings (SSSR count). The van der Waals surface area contributed by atoms with Crippen LogP contribution in [0.25, 0.3) is 0 Å². The molecule has 1 aliphatic rings. The van der Waals surface area contributed by atoms with Gasteiger partial charge in [-0.25, -0.2) is 0 Å². The molecule has 1 aromatic carbocycles. The second kappa shape index (κ2) is 5.92. The summed E-state index contributed by atoms with van der Waals surface area (Å²) in [6.45, 7) is 4.11. The maximum absolute atomic E-state index is 11.4. The molecule has 1 aliphatic heterocycles. The van der Waals surface area contributed by atoms with Gasteiger partial charge in [-0.3, -0.25) is 4.79 Å². The molecule has 1 N–H and O–H groups in total. The van der Waals surface area contributed by atoms with Crippen molar-refractivity contribution in [3.05, 3.63) is 28.7 Å². The van der Waals surface area contributed by atoms with E-state index in [-0.39, 0.29) is 5.92 Å². The molecule has 4 nitrogen and oxygen atoms in total. The molecular weight excluding hydrogens is 308 g/mol. The molecule has 0 saturated carbocycles. The van der Waals surface area contributed by atoms with Crippen LogP contribution in [-0.4, -0.2) is 48.7 Å². The highest BCUT2D eigenvalue weighted by Crippen LogP contribution is 2.28. The molecule has 0 bridgehead atoms. The average Bonchev–Trinajstić information content (AvgIpc) is 2.50. The molecule has 104 valence electrons. The lowest BCUT2D eigenvalue weighted by atomic mass is 10.1. The molecule has 0 radical (unpaired) electrons. The Bertz CT molecular complexity index is 467. The number of benzene rings is 1. The number of nitrogens with zero attached hydrogens (tertiary/aromatic N) is 2. The first kappa shape index (κ1) is 14.3. The summed E-state index contributed by atoms with van der Waals surface area (Å²) in [6, 6.07) is 8.30. The van der Waals surface area contributed by atoms with Crippen LogP contribution < -0.4 is 4.90 Å². The first-order valence-corrected chi connectivity index (χ1v) is 7.21. The fourth-order valence-corrected chi connectivity index (χ4v) is 2.98. The monoisotopic (exact) mass is 326 g/mol. The van der Waals surface area contributed by atoms with Gasteiger partial charge >= 0.3 is 5.97 Å². The number of likely N-dealkylation sites (N-methyl/N-ethyl adjacent to an activating group) is 1. The molecule has 1 heterocycles. The van der Waals surface area contributed by atoms with Gasteiger partial charge in [0.1, 0.15) is 0 Å². The quantitative estimate of drug-likeness (QED) is 0.905. The molecule has 5 heteroatoms. The Morgan fingerprint density at radius 3 is 2.63 bits per heavy atom. The van der Waals surface area contributed by atoms with E-state index in [1.54, 1.807) is 0 Å². The minimum absolute atomic E-state index is 0.330. The molecule has 2 atom stereocenters. The second-order valence-corrected chi connectivity index (χ2v) is 6.03. The topological polar surface area (TPSA) is 43.8 Å². The first-order valence-electron chi connectivity index (χ1n) is 6.41. The van der Waals surface area contributed by atoms with E-state index in [0.717, 1.165) is 16.7 Å². The van der Waals surface area contributed by atoms with Gasteiger partial charge in [0.15, 0.2) is 0 Å². The van der Waals surface area contributed by atoms with E-state index >= 15 is 0 Å². The summed E-state index contributed by atoms with van der Waals surface area (Å²) in [5.41, 5.74) is 1.07. The van der Waals surface area contributed by atoms with Crippen LogP contribution in [0.1, 0.15) is 6.92 Å². The zero-order chi connectivity index (χ0) is 14.0. The molecule has 2 unspecified atom stereocenters. The lowest BCUT2D eigenvalue weighted by Gasteiger charge is -2.28. The van der Waals surface area contributed by atoms with Gasteiger partial charge in [0, 0.05) is 30.1 Å². The molecule has 0 aliphatic carbocycles. The van der Waals surface area contributed by atoms with Crippen LogP contribution in [-0.2, 0) is 4.79 Å². The van der Waals surface area contributed by atoms with Crippen molar-refractivity contribution >= 4 is 27.6 Å². The van der Waals surface area contributed by atoms with Crippen molar-refractivity contribution in [2.45, 2.75) is 13.0 Å². The predicted octanol–water partition coefficient (Wildman–Crippen LogP) is 2.29. The Hall–Kier alpha value is -1.07. The molecule has 19 heavy (non-hydrogen) atoms. The predicted molar refractivity (Wildman–Crippen MR) is 79.6 cm³/mol. The van der Waals surface area contributed by atoms with Crippen LogP contribution >= 0.6 is 15.9 Å². The van der Waals surface area contributed by atoms with Gasteiger partial charge in [-0.1, -0.05) is 12.1 Å². The lowest BCUT2D eigenvalue weighted by Crippen LogP contribution is -2.36.